The Hall–Kier alpha value is -0.620. The van der Waals surface area contributed by atoms with E-state index in [4.69, 9.17) is 0 Å². The molecule has 1 saturated heterocycles. The second kappa shape index (κ2) is 12.1. The molecule has 0 aliphatic carbocycles. The Balaban J connectivity index is 0.00000676. The number of rotatable bonds is 7. The summed E-state index contributed by atoms with van der Waals surface area (Å²) in [6, 6.07) is 0.193. The lowest BCUT2D eigenvalue weighted by atomic mass is 9.96. The Bertz CT molecular complexity index is 582. The first-order chi connectivity index (χ1) is 12.1. The molecule has 0 radical (unpaired) electrons. The lowest BCUT2D eigenvalue weighted by Gasteiger charge is -2.32. The topological polar surface area (TPSA) is 103 Å². The maximum absolute atomic E-state index is 12.1. The SMILES string of the molecule is CCCS(=O)(=O)N1CCC(NC(=NC)NCCNC(=O)C(C)(C)C)CC1.I. The molecule has 1 amide bonds. The van der Waals surface area contributed by atoms with Crippen LogP contribution in [0.1, 0.15) is 47.0 Å². The average molecular weight is 517 g/mol. The van der Waals surface area contributed by atoms with Crippen LogP contribution in [0.5, 0.6) is 0 Å². The minimum Gasteiger partial charge on any atom is -0.355 e. The molecule has 0 unspecified atom stereocenters. The number of nitrogens with zero attached hydrogens (tertiary/aromatic N) is 2. The summed E-state index contributed by atoms with van der Waals surface area (Å²) in [7, 11) is -1.41. The maximum atomic E-state index is 12.1. The first-order valence-electron chi connectivity index (χ1n) is 9.33. The van der Waals surface area contributed by atoms with Crippen LogP contribution < -0.4 is 16.0 Å². The lowest BCUT2D eigenvalue weighted by Crippen LogP contribution is -2.51. The van der Waals surface area contributed by atoms with Crippen LogP contribution in [0.15, 0.2) is 4.99 Å². The predicted octanol–water partition coefficient (Wildman–Crippen LogP) is 1.14. The summed E-state index contributed by atoms with van der Waals surface area (Å²) < 4.78 is 25.8. The van der Waals surface area contributed by atoms with Crippen molar-refractivity contribution in [1.29, 1.82) is 0 Å². The Morgan fingerprint density at radius 3 is 2.19 bits per heavy atom. The molecule has 0 aromatic rings. The van der Waals surface area contributed by atoms with Gasteiger partial charge < -0.3 is 16.0 Å². The van der Waals surface area contributed by atoms with Gasteiger partial charge in [-0.1, -0.05) is 27.7 Å². The van der Waals surface area contributed by atoms with Gasteiger partial charge in [0.15, 0.2) is 5.96 Å². The third kappa shape index (κ3) is 9.42. The van der Waals surface area contributed by atoms with Gasteiger partial charge in [0.1, 0.15) is 0 Å². The van der Waals surface area contributed by atoms with E-state index < -0.39 is 15.4 Å². The van der Waals surface area contributed by atoms with Crippen molar-refractivity contribution in [2.45, 2.75) is 53.0 Å². The number of aliphatic imine (C=N–C) groups is 1. The van der Waals surface area contributed by atoms with Crippen LogP contribution in [0.4, 0.5) is 0 Å². The van der Waals surface area contributed by atoms with Crippen LogP contribution >= 0.6 is 24.0 Å². The van der Waals surface area contributed by atoms with E-state index in [0.29, 0.717) is 38.6 Å². The van der Waals surface area contributed by atoms with Gasteiger partial charge in [0.2, 0.25) is 15.9 Å². The number of guanidine groups is 1. The maximum Gasteiger partial charge on any atom is 0.225 e. The van der Waals surface area contributed by atoms with E-state index in [1.807, 2.05) is 27.7 Å². The number of amides is 1. The Kier molecular flexibility index (Phi) is 11.8. The molecule has 27 heavy (non-hydrogen) atoms. The largest absolute Gasteiger partial charge is 0.355 e. The minimum atomic E-state index is -3.11. The van der Waals surface area contributed by atoms with Gasteiger partial charge in [0.25, 0.3) is 0 Å². The molecule has 1 fully saturated rings. The van der Waals surface area contributed by atoms with Crippen LogP contribution in [0.25, 0.3) is 0 Å². The molecule has 1 rings (SSSR count). The summed E-state index contributed by atoms with van der Waals surface area (Å²) in [6.45, 7) is 9.69. The molecule has 0 atom stereocenters. The van der Waals surface area contributed by atoms with Gasteiger partial charge in [0.05, 0.1) is 5.75 Å². The van der Waals surface area contributed by atoms with Gasteiger partial charge in [-0.25, -0.2) is 12.7 Å². The molecule has 1 heterocycles. The highest BCUT2D eigenvalue weighted by Gasteiger charge is 2.27. The van der Waals surface area contributed by atoms with E-state index in [1.54, 1.807) is 11.4 Å². The molecule has 0 aromatic heterocycles. The monoisotopic (exact) mass is 517 g/mol. The highest BCUT2D eigenvalue weighted by Crippen LogP contribution is 2.15. The van der Waals surface area contributed by atoms with E-state index in [-0.39, 0.29) is 41.7 Å². The van der Waals surface area contributed by atoms with Gasteiger partial charge >= 0.3 is 0 Å². The number of nitrogens with one attached hydrogen (secondary N) is 3. The molecule has 0 aromatic carbocycles. The van der Waals surface area contributed by atoms with E-state index in [9.17, 15) is 13.2 Å². The van der Waals surface area contributed by atoms with Crippen molar-refractivity contribution < 1.29 is 13.2 Å². The minimum absolute atomic E-state index is 0. The predicted molar refractivity (Wildman–Crippen MR) is 121 cm³/mol. The van der Waals surface area contributed by atoms with Crippen molar-refractivity contribution in [2.24, 2.45) is 10.4 Å². The summed E-state index contributed by atoms with van der Waals surface area (Å²) in [4.78, 5) is 16.0. The molecule has 10 heteroatoms. The smallest absolute Gasteiger partial charge is 0.225 e. The van der Waals surface area contributed by atoms with Gasteiger partial charge in [-0.15, -0.1) is 24.0 Å². The highest BCUT2D eigenvalue weighted by atomic mass is 127. The van der Waals surface area contributed by atoms with Gasteiger partial charge in [-0.05, 0) is 19.3 Å². The molecule has 8 nitrogen and oxygen atoms in total. The standard InChI is InChI=1S/C17H35N5O3S.HI/c1-6-13-26(24,25)22-11-7-14(8-12-22)21-16(18-5)20-10-9-19-15(23)17(2,3)4;/h14H,6-13H2,1-5H3,(H,19,23)(H2,18,20,21);1H. The third-order valence-corrected chi connectivity index (χ3v) is 6.33. The normalized spacial score (nSPS) is 17.1. The zero-order chi connectivity index (χ0) is 19.8. The summed E-state index contributed by atoms with van der Waals surface area (Å²) in [6.07, 6.45) is 2.15. The second-order valence-corrected chi connectivity index (χ2v) is 9.73. The Labute approximate surface area is 181 Å². The first-order valence-corrected chi connectivity index (χ1v) is 10.9. The fourth-order valence-electron chi connectivity index (χ4n) is 2.68. The summed E-state index contributed by atoms with van der Waals surface area (Å²) in [5, 5.41) is 9.39. The molecule has 0 spiro atoms. The van der Waals surface area contributed by atoms with Crippen LogP contribution in [0.3, 0.4) is 0 Å². The zero-order valence-corrected chi connectivity index (χ0v) is 20.3. The number of carbonyl (C=O) groups excluding carboxylic acids is 1. The van der Waals surface area contributed by atoms with Crippen molar-refractivity contribution >= 4 is 45.9 Å². The van der Waals surface area contributed by atoms with Crippen molar-refractivity contribution in [3.63, 3.8) is 0 Å². The number of hydrogen-bond donors (Lipinski definition) is 3. The van der Waals surface area contributed by atoms with E-state index in [2.05, 4.69) is 20.9 Å². The zero-order valence-electron chi connectivity index (χ0n) is 17.2. The van der Waals surface area contributed by atoms with Crippen LogP contribution in [0.2, 0.25) is 0 Å². The molecule has 1 aliphatic heterocycles. The first kappa shape index (κ1) is 26.4. The summed E-state index contributed by atoms with van der Waals surface area (Å²) in [5.41, 5.74) is -0.397. The van der Waals surface area contributed by atoms with Gasteiger partial charge in [-0.3, -0.25) is 9.79 Å². The van der Waals surface area contributed by atoms with Gasteiger partial charge in [0, 0.05) is 44.7 Å². The fourth-order valence-corrected chi connectivity index (χ4v) is 4.22. The molecule has 3 N–H and O–H groups in total. The van der Waals surface area contributed by atoms with Crippen LogP contribution in [-0.4, -0.2) is 69.6 Å². The van der Waals surface area contributed by atoms with E-state index in [0.717, 1.165) is 12.8 Å². The molecule has 1 aliphatic rings. The third-order valence-electron chi connectivity index (χ3n) is 4.26. The summed E-state index contributed by atoms with van der Waals surface area (Å²) >= 11 is 0. The molecule has 160 valence electrons. The summed E-state index contributed by atoms with van der Waals surface area (Å²) in [5.74, 6) is 0.905. The number of sulfonamides is 1. The Morgan fingerprint density at radius 1 is 1.15 bits per heavy atom. The second-order valence-electron chi connectivity index (χ2n) is 7.64. The molecule has 0 bridgehead atoms. The van der Waals surface area contributed by atoms with E-state index >= 15 is 0 Å². The number of halogens is 1. The van der Waals surface area contributed by atoms with Gasteiger partial charge in [-0.2, -0.15) is 0 Å². The number of carbonyl (C=O) groups is 1. The van der Waals surface area contributed by atoms with Crippen LogP contribution in [0, 0.1) is 5.41 Å². The average Bonchev–Trinajstić information content (AvgIpc) is 2.56. The highest BCUT2D eigenvalue weighted by molar-refractivity contribution is 14.0. The number of hydrogen-bond acceptors (Lipinski definition) is 4. The lowest BCUT2D eigenvalue weighted by molar-refractivity contribution is -0.128. The Morgan fingerprint density at radius 2 is 1.70 bits per heavy atom. The van der Waals surface area contributed by atoms with Crippen LogP contribution in [-0.2, 0) is 14.8 Å². The molecular weight excluding hydrogens is 481 g/mol. The quantitative estimate of drug-likeness (QED) is 0.204. The molecule has 0 saturated carbocycles. The number of piperidine rings is 1. The van der Waals surface area contributed by atoms with Crippen molar-refractivity contribution in [3.05, 3.63) is 0 Å². The fraction of sp³-hybridized carbons (Fsp3) is 0.882. The van der Waals surface area contributed by atoms with E-state index in [1.165, 1.54) is 0 Å². The molecular formula is C17H36IN5O3S. The van der Waals surface area contributed by atoms with Crippen molar-refractivity contribution in [1.82, 2.24) is 20.3 Å². The van der Waals surface area contributed by atoms with Crippen molar-refractivity contribution in [2.75, 3.05) is 39.0 Å². The van der Waals surface area contributed by atoms with Crippen molar-refractivity contribution in [3.8, 4) is 0 Å².